The molecule has 0 saturated heterocycles. The van der Waals surface area contributed by atoms with Gasteiger partial charge in [0, 0.05) is 18.9 Å². The van der Waals surface area contributed by atoms with Crippen LogP contribution in [0.1, 0.15) is 5.69 Å². The van der Waals surface area contributed by atoms with Crippen LogP contribution >= 0.6 is 0 Å². The molecule has 14 heavy (non-hydrogen) atoms. The standard InChI is InChI=1S/C9H15N3O2/c1-8-9(11-3-2-10-8)12-4-6-14-7-5-13/h2-3,13H,4-7H2,1H3,(H,11,12). The highest BCUT2D eigenvalue weighted by Crippen LogP contribution is 2.04. The molecule has 0 unspecified atom stereocenters. The number of hydrogen-bond acceptors (Lipinski definition) is 5. The van der Waals surface area contributed by atoms with E-state index in [4.69, 9.17) is 9.84 Å². The van der Waals surface area contributed by atoms with Crippen molar-refractivity contribution in [2.24, 2.45) is 0 Å². The lowest BCUT2D eigenvalue weighted by atomic mass is 10.4. The Labute approximate surface area is 83.2 Å². The highest BCUT2D eigenvalue weighted by atomic mass is 16.5. The van der Waals surface area contributed by atoms with Crippen molar-refractivity contribution in [3.05, 3.63) is 18.1 Å². The van der Waals surface area contributed by atoms with Crippen molar-refractivity contribution >= 4 is 5.82 Å². The van der Waals surface area contributed by atoms with Crippen LogP contribution < -0.4 is 5.32 Å². The monoisotopic (exact) mass is 197 g/mol. The largest absolute Gasteiger partial charge is 0.394 e. The lowest BCUT2D eigenvalue weighted by molar-refractivity contribution is 0.0992. The molecule has 1 heterocycles. The van der Waals surface area contributed by atoms with E-state index in [1.54, 1.807) is 12.4 Å². The lowest BCUT2D eigenvalue weighted by Gasteiger charge is -2.06. The van der Waals surface area contributed by atoms with Crippen LogP contribution in [-0.2, 0) is 4.74 Å². The van der Waals surface area contributed by atoms with E-state index in [1.165, 1.54) is 0 Å². The lowest BCUT2D eigenvalue weighted by Crippen LogP contribution is -2.13. The fraction of sp³-hybridized carbons (Fsp3) is 0.556. The first kappa shape index (κ1) is 10.9. The maximum absolute atomic E-state index is 8.46. The van der Waals surface area contributed by atoms with Gasteiger partial charge < -0.3 is 15.2 Å². The van der Waals surface area contributed by atoms with E-state index >= 15 is 0 Å². The summed E-state index contributed by atoms with van der Waals surface area (Å²) in [5, 5.41) is 11.6. The first-order valence-corrected chi connectivity index (χ1v) is 4.54. The van der Waals surface area contributed by atoms with Gasteiger partial charge in [0.05, 0.1) is 25.5 Å². The zero-order valence-electron chi connectivity index (χ0n) is 8.23. The molecular weight excluding hydrogens is 182 g/mol. The molecule has 0 radical (unpaired) electrons. The molecule has 0 fully saturated rings. The van der Waals surface area contributed by atoms with Crippen molar-refractivity contribution in [3.8, 4) is 0 Å². The molecule has 0 saturated carbocycles. The minimum Gasteiger partial charge on any atom is -0.394 e. The molecule has 5 nitrogen and oxygen atoms in total. The van der Waals surface area contributed by atoms with Gasteiger partial charge >= 0.3 is 0 Å². The summed E-state index contributed by atoms with van der Waals surface area (Å²) in [7, 11) is 0. The second-order valence-corrected chi connectivity index (χ2v) is 2.75. The number of hydrogen-bond donors (Lipinski definition) is 2. The summed E-state index contributed by atoms with van der Waals surface area (Å²) in [4.78, 5) is 8.21. The summed E-state index contributed by atoms with van der Waals surface area (Å²) in [5.74, 6) is 0.778. The second-order valence-electron chi connectivity index (χ2n) is 2.75. The molecule has 0 amide bonds. The number of aliphatic hydroxyl groups is 1. The van der Waals surface area contributed by atoms with E-state index < -0.39 is 0 Å². The third-order valence-corrected chi connectivity index (χ3v) is 1.66. The first-order chi connectivity index (χ1) is 6.84. The highest BCUT2D eigenvalue weighted by Gasteiger charge is 1.97. The second kappa shape index (κ2) is 6.28. The average molecular weight is 197 g/mol. The smallest absolute Gasteiger partial charge is 0.147 e. The van der Waals surface area contributed by atoms with Crippen LogP contribution in [0.3, 0.4) is 0 Å². The molecule has 1 rings (SSSR count). The molecular formula is C9H15N3O2. The van der Waals surface area contributed by atoms with Crippen molar-refractivity contribution in [1.82, 2.24) is 9.97 Å². The maximum atomic E-state index is 8.46. The topological polar surface area (TPSA) is 67.3 Å². The SMILES string of the molecule is Cc1nccnc1NCCOCCO. The number of ether oxygens (including phenoxy) is 1. The van der Waals surface area contributed by atoms with Crippen LogP contribution in [0.4, 0.5) is 5.82 Å². The van der Waals surface area contributed by atoms with Crippen molar-refractivity contribution in [2.75, 3.05) is 31.7 Å². The third-order valence-electron chi connectivity index (χ3n) is 1.66. The molecule has 0 bridgehead atoms. The molecule has 0 aliphatic rings. The van der Waals surface area contributed by atoms with Gasteiger partial charge in [-0.05, 0) is 6.92 Å². The summed E-state index contributed by atoms with van der Waals surface area (Å²) < 4.78 is 5.08. The normalized spacial score (nSPS) is 10.1. The molecule has 0 aliphatic carbocycles. The van der Waals surface area contributed by atoms with Gasteiger partial charge in [-0.3, -0.25) is 4.98 Å². The molecule has 0 spiro atoms. The Kier molecular flexibility index (Phi) is 4.88. The Morgan fingerprint density at radius 1 is 1.36 bits per heavy atom. The van der Waals surface area contributed by atoms with Crippen molar-refractivity contribution in [2.45, 2.75) is 6.92 Å². The number of nitrogens with zero attached hydrogens (tertiary/aromatic N) is 2. The Bertz CT molecular complexity index is 268. The fourth-order valence-electron chi connectivity index (χ4n) is 0.989. The number of aromatic nitrogens is 2. The highest BCUT2D eigenvalue weighted by molar-refractivity contribution is 5.37. The number of rotatable bonds is 6. The molecule has 2 N–H and O–H groups in total. The van der Waals surface area contributed by atoms with Crippen molar-refractivity contribution < 1.29 is 9.84 Å². The van der Waals surface area contributed by atoms with Crippen LogP contribution in [0.15, 0.2) is 12.4 Å². The van der Waals surface area contributed by atoms with Gasteiger partial charge in [-0.2, -0.15) is 0 Å². The van der Waals surface area contributed by atoms with Gasteiger partial charge in [0.25, 0.3) is 0 Å². The molecule has 0 aromatic carbocycles. The van der Waals surface area contributed by atoms with Crippen LogP contribution in [0, 0.1) is 6.92 Å². The zero-order valence-corrected chi connectivity index (χ0v) is 8.23. The molecule has 78 valence electrons. The van der Waals surface area contributed by atoms with Crippen molar-refractivity contribution in [3.63, 3.8) is 0 Å². The van der Waals surface area contributed by atoms with Gasteiger partial charge in [-0.1, -0.05) is 0 Å². The summed E-state index contributed by atoms with van der Waals surface area (Å²) in [5.41, 5.74) is 0.870. The molecule has 5 heteroatoms. The number of aryl methyl sites for hydroxylation is 1. The van der Waals surface area contributed by atoms with Gasteiger partial charge in [-0.25, -0.2) is 4.98 Å². The average Bonchev–Trinajstić information content (AvgIpc) is 2.20. The Hall–Kier alpha value is -1.20. The van der Waals surface area contributed by atoms with E-state index in [-0.39, 0.29) is 6.61 Å². The Morgan fingerprint density at radius 2 is 2.14 bits per heavy atom. The molecule has 0 aliphatic heterocycles. The predicted octanol–water partition coefficient (Wildman–Crippen LogP) is 0.206. The summed E-state index contributed by atoms with van der Waals surface area (Å²) in [6.45, 7) is 3.55. The van der Waals surface area contributed by atoms with Gasteiger partial charge in [0.1, 0.15) is 5.82 Å². The van der Waals surface area contributed by atoms with Gasteiger partial charge in [0.15, 0.2) is 0 Å². The van der Waals surface area contributed by atoms with E-state index in [0.29, 0.717) is 19.8 Å². The van der Waals surface area contributed by atoms with E-state index in [9.17, 15) is 0 Å². The molecule has 1 aromatic heterocycles. The van der Waals surface area contributed by atoms with Crippen molar-refractivity contribution in [1.29, 1.82) is 0 Å². The first-order valence-electron chi connectivity index (χ1n) is 4.54. The predicted molar refractivity (Wildman–Crippen MR) is 53.2 cm³/mol. The van der Waals surface area contributed by atoms with Crippen LogP contribution in [0.2, 0.25) is 0 Å². The van der Waals surface area contributed by atoms with Crippen LogP contribution in [-0.4, -0.2) is 41.4 Å². The Balaban J connectivity index is 2.21. The maximum Gasteiger partial charge on any atom is 0.147 e. The van der Waals surface area contributed by atoms with Gasteiger partial charge in [-0.15, -0.1) is 0 Å². The molecule has 0 atom stereocenters. The summed E-state index contributed by atoms with van der Waals surface area (Å²) >= 11 is 0. The third kappa shape index (κ3) is 3.68. The summed E-state index contributed by atoms with van der Waals surface area (Å²) in [6.07, 6.45) is 3.30. The summed E-state index contributed by atoms with van der Waals surface area (Å²) in [6, 6.07) is 0. The zero-order chi connectivity index (χ0) is 10.2. The van der Waals surface area contributed by atoms with E-state index in [1.807, 2.05) is 6.92 Å². The number of anilines is 1. The van der Waals surface area contributed by atoms with Gasteiger partial charge in [0.2, 0.25) is 0 Å². The minimum atomic E-state index is 0.0597. The quantitative estimate of drug-likeness (QED) is 0.638. The number of nitrogens with one attached hydrogen (secondary N) is 1. The van der Waals surface area contributed by atoms with E-state index in [0.717, 1.165) is 11.5 Å². The van der Waals surface area contributed by atoms with Crippen LogP contribution in [0.5, 0.6) is 0 Å². The number of aliphatic hydroxyl groups excluding tert-OH is 1. The fourth-order valence-corrected chi connectivity index (χ4v) is 0.989. The minimum absolute atomic E-state index is 0.0597. The van der Waals surface area contributed by atoms with Crippen LogP contribution in [0.25, 0.3) is 0 Å². The van der Waals surface area contributed by atoms with E-state index in [2.05, 4.69) is 15.3 Å². The molecule has 1 aromatic rings. The Morgan fingerprint density at radius 3 is 2.86 bits per heavy atom.